The molecule has 10 nitrogen and oxygen atoms in total. The van der Waals surface area contributed by atoms with Gasteiger partial charge in [0.2, 0.25) is 11.1 Å². The van der Waals surface area contributed by atoms with Crippen molar-refractivity contribution in [2.45, 2.75) is 19.0 Å². The van der Waals surface area contributed by atoms with Gasteiger partial charge in [0.25, 0.3) is 5.91 Å². The molecule has 0 atom stereocenters. The average molecular weight is 440 g/mol. The van der Waals surface area contributed by atoms with Gasteiger partial charge in [0.05, 0.1) is 11.4 Å². The summed E-state index contributed by atoms with van der Waals surface area (Å²) < 4.78 is 6.56. The Morgan fingerprint density at radius 2 is 1.87 bits per heavy atom. The fraction of sp³-hybridized carbons (Fsp3) is 0.200. The van der Waals surface area contributed by atoms with Crippen LogP contribution >= 0.6 is 11.8 Å². The third-order valence-corrected chi connectivity index (χ3v) is 5.06. The topological polar surface area (TPSA) is 142 Å². The van der Waals surface area contributed by atoms with Crippen LogP contribution in [0.1, 0.15) is 21.5 Å². The van der Waals surface area contributed by atoms with Crippen LogP contribution in [0.15, 0.2) is 47.6 Å². The van der Waals surface area contributed by atoms with E-state index in [0.717, 1.165) is 28.6 Å². The molecule has 3 rings (SSSR count). The van der Waals surface area contributed by atoms with Gasteiger partial charge in [-0.3, -0.25) is 14.4 Å². The van der Waals surface area contributed by atoms with Crippen LogP contribution in [0.5, 0.6) is 0 Å². The molecule has 0 aliphatic rings. The largest absolute Gasteiger partial charge is 0.455 e. The maximum Gasteiger partial charge on any atom is 0.316 e. The first-order valence-corrected chi connectivity index (χ1v) is 10.2. The number of aromatic nitrogens is 4. The molecule has 31 heavy (non-hydrogen) atoms. The van der Waals surface area contributed by atoms with E-state index >= 15 is 0 Å². The monoisotopic (exact) mass is 440 g/mol. The van der Waals surface area contributed by atoms with Crippen molar-refractivity contribution in [3.05, 3.63) is 59.2 Å². The Balaban J connectivity index is 1.50. The summed E-state index contributed by atoms with van der Waals surface area (Å²) >= 11 is 1.11. The van der Waals surface area contributed by atoms with E-state index in [-0.39, 0.29) is 5.75 Å². The van der Waals surface area contributed by atoms with Gasteiger partial charge in [-0.1, -0.05) is 23.9 Å². The Kier molecular flexibility index (Phi) is 6.98. The first-order chi connectivity index (χ1) is 14.8. The molecule has 0 bridgehead atoms. The van der Waals surface area contributed by atoms with E-state index in [9.17, 15) is 14.4 Å². The molecule has 0 radical (unpaired) electrons. The minimum Gasteiger partial charge on any atom is -0.455 e. The molecular weight excluding hydrogens is 420 g/mol. The third-order valence-electron chi connectivity index (χ3n) is 4.17. The predicted molar refractivity (Wildman–Crippen MR) is 114 cm³/mol. The lowest BCUT2D eigenvalue weighted by Crippen LogP contribution is -2.21. The summed E-state index contributed by atoms with van der Waals surface area (Å²) in [5, 5.41) is 14.6. The highest BCUT2D eigenvalue weighted by atomic mass is 32.2. The first kappa shape index (κ1) is 22.0. The lowest BCUT2D eigenvalue weighted by Gasteiger charge is -2.09. The van der Waals surface area contributed by atoms with Crippen LogP contribution in [0.25, 0.3) is 5.69 Å². The van der Waals surface area contributed by atoms with Crippen LogP contribution in [0.2, 0.25) is 0 Å². The number of esters is 1. The molecule has 160 valence electrons. The Labute approximate surface area is 182 Å². The Hall–Kier alpha value is -3.73. The van der Waals surface area contributed by atoms with Crippen LogP contribution in [0.3, 0.4) is 0 Å². The molecular formula is C20H20N6O4S. The van der Waals surface area contributed by atoms with Gasteiger partial charge < -0.3 is 15.8 Å². The number of carbonyl (C=O) groups is 3. The number of nitrogens with two attached hydrogens (primary N) is 1. The van der Waals surface area contributed by atoms with E-state index in [4.69, 9.17) is 10.5 Å². The van der Waals surface area contributed by atoms with Crippen LogP contribution in [-0.4, -0.2) is 50.4 Å². The van der Waals surface area contributed by atoms with E-state index in [1.165, 1.54) is 24.3 Å². The summed E-state index contributed by atoms with van der Waals surface area (Å²) in [5.41, 5.74) is 8.81. The number of ether oxygens (including phenoxy) is 1. The van der Waals surface area contributed by atoms with E-state index in [2.05, 4.69) is 20.8 Å². The van der Waals surface area contributed by atoms with Crippen molar-refractivity contribution in [3.8, 4) is 5.69 Å². The van der Waals surface area contributed by atoms with E-state index in [1.54, 1.807) is 4.68 Å². The summed E-state index contributed by atoms with van der Waals surface area (Å²) in [7, 11) is 0. The molecule has 0 aliphatic heterocycles. The van der Waals surface area contributed by atoms with Gasteiger partial charge >= 0.3 is 5.97 Å². The second-order valence-corrected chi connectivity index (χ2v) is 7.54. The number of amides is 2. The van der Waals surface area contributed by atoms with Crippen LogP contribution in [-0.2, 0) is 14.3 Å². The zero-order valence-corrected chi connectivity index (χ0v) is 17.7. The maximum atomic E-state index is 12.0. The van der Waals surface area contributed by atoms with E-state index in [0.29, 0.717) is 16.4 Å². The zero-order chi connectivity index (χ0) is 22.4. The molecule has 0 saturated heterocycles. The Morgan fingerprint density at radius 1 is 1.13 bits per heavy atom. The molecule has 3 aromatic rings. The van der Waals surface area contributed by atoms with Crippen molar-refractivity contribution in [1.82, 2.24) is 20.2 Å². The van der Waals surface area contributed by atoms with Crippen molar-refractivity contribution in [3.63, 3.8) is 0 Å². The van der Waals surface area contributed by atoms with Crippen LogP contribution in [0, 0.1) is 13.8 Å². The fourth-order valence-electron chi connectivity index (χ4n) is 2.59. The summed E-state index contributed by atoms with van der Waals surface area (Å²) in [4.78, 5) is 35.0. The number of tetrazole rings is 1. The number of primary amides is 1. The number of hydrogen-bond donors (Lipinski definition) is 2. The third kappa shape index (κ3) is 5.89. The van der Waals surface area contributed by atoms with Crippen molar-refractivity contribution >= 4 is 35.2 Å². The smallest absolute Gasteiger partial charge is 0.316 e. The van der Waals surface area contributed by atoms with Crippen molar-refractivity contribution < 1.29 is 19.1 Å². The molecule has 1 heterocycles. The molecule has 0 aliphatic carbocycles. The van der Waals surface area contributed by atoms with Gasteiger partial charge in [-0.2, -0.15) is 4.68 Å². The standard InChI is InChI=1S/C20H20N6O4S/c1-12-3-4-13(2)16(9-12)26-20(23-24-25-26)31-11-18(28)30-10-17(27)22-15-7-5-14(6-8-15)19(21)29/h3-9H,10-11H2,1-2H3,(H2,21,29)(H,22,27). The summed E-state index contributed by atoms with van der Waals surface area (Å²) in [6.07, 6.45) is 0. The van der Waals surface area contributed by atoms with E-state index in [1.807, 2.05) is 32.0 Å². The number of benzene rings is 2. The Bertz CT molecular complexity index is 1110. The van der Waals surface area contributed by atoms with Gasteiger partial charge in [0, 0.05) is 11.3 Å². The Morgan fingerprint density at radius 3 is 2.58 bits per heavy atom. The van der Waals surface area contributed by atoms with Crippen molar-refractivity contribution in [2.75, 3.05) is 17.7 Å². The number of carbonyl (C=O) groups excluding carboxylic acids is 3. The number of hydrogen-bond acceptors (Lipinski definition) is 8. The molecule has 2 amide bonds. The number of nitrogens with one attached hydrogen (secondary N) is 1. The number of nitrogens with zero attached hydrogens (tertiary/aromatic N) is 4. The second-order valence-electron chi connectivity index (χ2n) is 6.60. The molecule has 0 saturated carbocycles. The lowest BCUT2D eigenvalue weighted by molar-refractivity contribution is -0.144. The molecule has 2 aromatic carbocycles. The quantitative estimate of drug-likeness (QED) is 0.398. The first-order valence-electron chi connectivity index (χ1n) is 9.17. The number of thioether (sulfide) groups is 1. The molecule has 3 N–H and O–H groups in total. The number of aryl methyl sites for hydroxylation is 2. The normalized spacial score (nSPS) is 10.5. The van der Waals surface area contributed by atoms with Gasteiger partial charge in [0.1, 0.15) is 0 Å². The highest BCUT2D eigenvalue weighted by Crippen LogP contribution is 2.21. The van der Waals surface area contributed by atoms with Crippen LogP contribution in [0.4, 0.5) is 5.69 Å². The summed E-state index contributed by atoms with van der Waals surface area (Å²) in [6.45, 7) is 3.47. The maximum absolute atomic E-state index is 12.0. The van der Waals surface area contributed by atoms with Crippen molar-refractivity contribution in [2.24, 2.45) is 5.73 Å². The highest BCUT2D eigenvalue weighted by molar-refractivity contribution is 7.99. The van der Waals surface area contributed by atoms with Gasteiger partial charge in [-0.15, -0.1) is 5.10 Å². The number of anilines is 1. The van der Waals surface area contributed by atoms with Gasteiger partial charge in [0.15, 0.2) is 6.61 Å². The van der Waals surface area contributed by atoms with Crippen molar-refractivity contribution in [1.29, 1.82) is 0 Å². The second kappa shape index (κ2) is 9.85. The molecule has 0 spiro atoms. The SMILES string of the molecule is Cc1ccc(C)c(-n2nnnc2SCC(=O)OCC(=O)Nc2ccc(C(N)=O)cc2)c1. The fourth-order valence-corrected chi connectivity index (χ4v) is 3.28. The molecule has 0 fully saturated rings. The van der Waals surface area contributed by atoms with Gasteiger partial charge in [-0.05, 0) is 65.7 Å². The minimum absolute atomic E-state index is 0.0637. The molecule has 0 unspecified atom stereocenters. The number of rotatable bonds is 8. The minimum atomic E-state index is -0.584. The lowest BCUT2D eigenvalue weighted by atomic mass is 10.1. The summed E-state index contributed by atoms with van der Waals surface area (Å²) in [6, 6.07) is 11.9. The summed E-state index contributed by atoms with van der Waals surface area (Å²) in [5.74, 6) is -1.72. The van der Waals surface area contributed by atoms with Gasteiger partial charge in [-0.25, -0.2) is 0 Å². The highest BCUT2D eigenvalue weighted by Gasteiger charge is 2.15. The molecule has 1 aromatic heterocycles. The zero-order valence-electron chi connectivity index (χ0n) is 16.9. The van der Waals surface area contributed by atoms with E-state index < -0.39 is 24.4 Å². The van der Waals surface area contributed by atoms with Crippen LogP contribution < -0.4 is 11.1 Å². The molecule has 11 heteroatoms. The average Bonchev–Trinajstić information content (AvgIpc) is 3.21. The predicted octanol–water partition coefficient (Wildman–Crippen LogP) is 1.65.